The van der Waals surface area contributed by atoms with E-state index in [1.165, 1.54) is 18.0 Å². The second-order valence-corrected chi connectivity index (χ2v) is 6.36. The minimum atomic E-state index is -3.73. The lowest BCUT2D eigenvalue weighted by molar-refractivity contribution is 0.598. The Kier molecular flexibility index (Phi) is 4.51. The number of hydrogen-bond acceptors (Lipinski definition) is 5. The zero-order chi connectivity index (χ0) is 14.6. The molecule has 1 heterocycles. The van der Waals surface area contributed by atoms with Crippen molar-refractivity contribution in [2.24, 2.45) is 0 Å². The van der Waals surface area contributed by atoms with Gasteiger partial charge in [0.25, 0.3) is 10.0 Å². The van der Waals surface area contributed by atoms with Crippen LogP contribution in [-0.2, 0) is 10.0 Å². The average molecular weight is 309 g/mol. The first-order valence-corrected chi connectivity index (χ1v) is 8.58. The van der Waals surface area contributed by atoms with E-state index >= 15 is 0 Å². The number of nitrogens with one attached hydrogen (secondary N) is 2. The van der Waals surface area contributed by atoms with E-state index in [0.29, 0.717) is 11.4 Å². The molecule has 1 aromatic heterocycles. The minimum absolute atomic E-state index is 0.0154. The Hall–Kier alpha value is -1.73. The van der Waals surface area contributed by atoms with Crippen LogP contribution in [0.4, 0.5) is 11.4 Å². The predicted molar refractivity (Wildman–Crippen MR) is 82.8 cm³/mol. The summed E-state index contributed by atoms with van der Waals surface area (Å²) in [6.45, 7) is 0. The molecule has 20 heavy (non-hydrogen) atoms. The molecule has 0 bridgehead atoms. The molecule has 0 aliphatic heterocycles. The predicted octanol–water partition coefficient (Wildman–Crippen LogP) is 2.65. The van der Waals surface area contributed by atoms with Crippen molar-refractivity contribution in [2.75, 3.05) is 23.3 Å². The highest BCUT2D eigenvalue weighted by Crippen LogP contribution is 2.28. The molecule has 2 aromatic rings. The maximum absolute atomic E-state index is 12.4. The molecule has 0 fully saturated rings. The van der Waals surface area contributed by atoms with Gasteiger partial charge < -0.3 is 5.32 Å². The first-order chi connectivity index (χ1) is 9.58. The van der Waals surface area contributed by atoms with Crippen molar-refractivity contribution in [1.29, 1.82) is 0 Å². The Morgan fingerprint density at radius 2 is 1.80 bits per heavy atom. The second kappa shape index (κ2) is 6.15. The molecule has 2 N–H and O–H groups in total. The molecule has 0 saturated heterocycles. The highest BCUT2D eigenvalue weighted by atomic mass is 32.2. The summed E-state index contributed by atoms with van der Waals surface area (Å²) in [7, 11) is -2.07. The number of pyridine rings is 1. The summed E-state index contributed by atoms with van der Waals surface area (Å²) in [6.07, 6.45) is 3.35. The molecule has 0 atom stereocenters. The van der Waals surface area contributed by atoms with Crippen LogP contribution in [0.2, 0.25) is 0 Å². The molecule has 0 amide bonds. The van der Waals surface area contributed by atoms with E-state index < -0.39 is 10.0 Å². The topological polar surface area (TPSA) is 71.1 Å². The van der Waals surface area contributed by atoms with Crippen LogP contribution in [0.3, 0.4) is 0 Å². The van der Waals surface area contributed by atoms with Gasteiger partial charge in [-0.1, -0.05) is 12.1 Å². The molecule has 2 rings (SSSR count). The van der Waals surface area contributed by atoms with Crippen LogP contribution in [-0.4, -0.2) is 26.7 Å². The van der Waals surface area contributed by atoms with Gasteiger partial charge in [-0.05, 0) is 30.5 Å². The number of benzene rings is 1. The Labute approximate surface area is 122 Å². The number of thioether (sulfide) groups is 1. The highest BCUT2D eigenvalue weighted by Gasteiger charge is 2.20. The fourth-order valence-electron chi connectivity index (χ4n) is 1.72. The number of aromatic nitrogens is 1. The monoisotopic (exact) mass is 309 g/mol. The van der Waals surface area contributed by atoms with E-state index in [1.807, 2.05) is 18.4 Å². The van der Waals surface area contributed by atoms with E-state index in [9.17, 15) is 8.42 Å². The lowest BCUT2D eigenvalue weighted by atomic mass is 10.3. The molecule has 7 heteroatoms. The largest absolute Gasteiger partial charge is 0.386 e. The maximum Gasteiger partial charge on any atom is 0.281 e. The van der Waals surface area contributed by atoms with Crippen LogP contribution in [0.5, 0.6) is 0 Å². The van der Waals surface area contributed by atoms with Gasteiger partial charge in [-0.3, -0.25) is 4.72 Å². The van der Waals surface area contributed by atoms with E-state index in [1.54, 1.807) is 31.3 Å². The summed E-state index contributed by atoms with van der Waals surface area (Å²) in [6, 6.07) is 10.6. The summed E-state index contributed by atoms with van der Waals surface area (Å²) < 4.78 is 27.4. The van der Waals surface area contributed by atoms with Gasteiger partial charge in [-0.25, -0.2) is 4.98 Å². The molecule has 1 aromatic carbocycles. The van der Waals surface area contributed by atoms with Crippen molar-refractivity contribution < 1.29 is 8.42 Å². The van der Waals surface area contributed by atoms with Gasteiger partial charge in [0.05, 0.1) is 11.4 Å². The third kappa shape index (κ3) is 3.05. The molecule has 0 aliphatic carbocycles. The van der Waals surface area contributed by atoms with Crippen molar-refractivity contribution >= 4 is 33.2 Å². The Balaban J connectivity index is 2.41. The zero-order valence-corrected chi connectivity index (χ0v) is 12.8. The number of anilines is 2. The molecule has 106 valence electrons. The zero-order valence-electron chi connectivity index (χ0n) is 11.1. The molecular formula is C13H15N3O2S2. The second-order valence-electron chi connectivity index (χ2n) is 3.91. The number of rotatable bonds is 5. The third-order valence-electron chi connectivity index (χ3n) is 2.65. The minimum Gasteiger partial charge on any atom is -0.386 e. The molecule has 0 radical (unpaired) electrons. The van der Waals surface area contributed by atoms with Gasteiger partial charge in [-0.15, -0.1) is 11.8 Å². The first kappa shape index (κ1) is 14.7. The number of sulfonamides is 1. The van der Waals surface area contributed by atoms with Crippen LogP contribution in [0.25, 0.3) is 0 Å². The van der Waals surface area contributed by atoms with Crippen LogP contribution in [0, 0.1) is 0 Å². The summed E-state index contributed by atoms with van der Waals surface area (Å²) >= 11 is 1.48. The fourth-order valence-corrected chi connectivity index (χ4v) is 3.56. The third-order valence-corrected chi connectivity index (χ3v) is 4.77. The maximum atomic E-state index is 12.4. The normalized spacial score (nSPS) is 11.1. The smallest absolute Gasteiger partial charge is 0.281 e. The van der Waals surface area contributed by atoms with Crippen molar-refractivity contribution in [2.45, 2.75) is 9.92 Å². The lowest BCUT2D eigenvalue weighted by Gasteiger charge is -2.12. The molecule has 0 spiro atoms. The van der Waals surface area contributed by atoms with Crippen molar-refractivity contribution in [3.8, 4) is 0 Å². The summed E-state index contributed by atoms with van der Waals surface area (Å²) in [5, 5.41) is 2.81. The summed E-state index contributed by atoms with van der Waals surface area (Å²) in [4.78, 5) is 4.81. The van der Waals surface area contributed by atoms with Crippen molar-refractivity contribution in [1.82, 2.24) is 4.98 Å². The van der Waals surface area contributed by atoms with Crippen molar-refractivity contribution in [3.05, 3.63) is 42.6 Å². The molecule has 0 saturated carbocycles. The van der Waals surface area contributed by atoms with Crippen LogP contribution in [0.1, 0.15) is 0 Å². The summed E-state index contributed by atoms with van der Waals surface area (Å²) in [5.41, 5.74) is 1.01. The molecular weight excluding hydrogens is 294 g/mol. The van der Waals surface area contributed by atoms with E-state index in [-0.39, 0.29) is 5.03 Å². The van der Waals surface area contributed by atoms with Gasteiger partial charge in [-0.2, -0.15) is 8.42 Å². The fraction of sp³-hybridized carbons (Fsp3) is 0.154. The lowest BCUT2D eigenvalue weighted by Crippen LogP contribution is -2.16. The van der Waals surface area contributed by atoms with Gasteiger partial charge >= 0.3 is 0 Å². The van der Waals surface area contributed by atoms with Gasteiger partial charge in [0.15, 0.2) is 5.03 Å². The van der Waals surface area contributed by atoms with Crippen LogP contribution in [0.15, 0.2) is 52.5 Å². The molecule has 5 nitrogen and oxygen atoms in total. The standard InChI is InChI=1S/C13H15N3O2S2/c1-14-11-7-5-9-15-13(11)20(17,18)16-10-6-3-4-8-12(10)19-2/h3-9,14,16H,1-2H3. The van der Waals surface area contributed by atoms with E-state index in [0.717, 1.165) is 4.90 Å². The Morgan fingerprint density at radius 3 is 2.50 bits per heavy atom. The Bertz CT molecular complexity index is 702. The molecule has 0 aliphatic rings. The SMILES string of the molecule is CNc1cccnc1S(=O)(=O)Nc1ccccc1SC. The van der Waals surface area contributed by atoms with Crippen LogP contribution < -0.4 is 10.0 Å². The first-order valence-electron chi connectivity index (χ1n) is 5.87. The highest BCUT2D eigenvalue weighted by molar-refractivity contribution is 7.99. The van der Waals surface area contributed by atoms with E-state index in [4.69, 9.17) is 0 Å². The van der Waals surface area contributed by atoms with Crippen molar-refractivity contribution in [3.63, 3.8) is 0 Å². The molecule has 0 unspecified atom stereocenters. The van der Waals surface area contributed by atoms with E-state index in [2.05, 4.69) is 15.0 Å². The van der Waals surface area contributed by atoms with Crippen LogP contribution >= 0.6 is 11.8 Å². The average Bonchev–Trinajstić information content (AvgIpc) is 2.47. The quantitative estimate of drug-likeness (QED) is 0.831. The Morgan fingerprint density at radius 1 is 1.10 bits per heavy atom. The van der Waals surface area contributed by atoms with Gasteiger partial charge in [0, 0.05) is 18.1 Å². The number of nitrogens with zero attached hydrogens (tertiary/aromatic N) is 1. The number of para-hydroxylation sites is 1. The number of hydrogen-bond donors (Lipinski definition) is 2. The van der Waals surface area contributed by atoms with Gasteiger partial charge in [0.2, 0.25) is 0 Å². The van der Waals surface area contributed by atoms with Gasteiger partial charge in [0.1, 0.15) is 0 Å². The summed E-state index contributed by atoms with van der Waals surface area (Å²) in [5.74, 6) is 0.